The van der Waals surface area contributed by atoms with E-state index in [-0.39, 0.29) is 24.8 Å². The average Bonchev–Trinajstić information content (AvgIpc) is 2.98. The van der Waals surface area contributed by atoms with Crippen molar-refractivity contribution in [3.8, 4) is 5.75 Å². The fourth-order valence-electron chi connectivity index (χ4n) is 3.08. The van der Waals surface area contributed by atoms with Crippen LogP contribution in [-0.2, 0) is 20.7 Å². The van der Waals surface area contributed by atoms with Crippen molar-refractivity contribution in [2.24, 2.45) is 0 Å². The maximum absolute atomic E-state index is 13.7. The smallest absolute Gasteiger partial charge is 0.323 e. The van der Waals surface area contributed by atoms with Gasteiger partial charge in [-0.3, -0.25) is 9.59 Å². The van der Waals surface area contributed by atoms with Gasteiger partial charge in [0.15, 0.2) is 17.7 Å². The van der Waals surface area contributed by atoms with Crippen LogP contribution in [0.15, 0.2) is 18.2 Å². The number of hydrogen-bond donors (Lipinski definition) is 1. The number of carbonyl (C=O) groups excluding carboxylic acids is 1. The number of amides is 1. The van der Waals surface area contributed by atoms with Gasteiger partial charge >= 0.3 is 5.97 Å². The van der Waals surface area contributed by atoms with Crippen molar-refractivity contribution in [2.45, 2.75) is 31.4 Å². The number of ether oxygens (including phenoxy) is 2. The number of carboxylic acid groups (broad SMARTS) is 1. The largest absolute Gasteiger partial charge is 0.480 e. The molecule has 2 aliphatic heterocycles. The van der Waals surface area contributed by atoms with E-state index >= 15 is 0 Å². The molecule has 2 aliphatic rings. The van der Waals surface area contributed by atoms with E-state index < -0.39 is 23.8 Å². The van der Waals surface area contributed by atoms with Gasteiger partial charge in [0.1, 0.15) is 6.54 Å². The van der Waals surface area contributed by atoms with Gasteiger partial charge < -0.3 is 19.5 Å². The number of fused-ring (bicyclic) bond motifs is 1. The summed E-state index contributed by atoms with van der Waals surface area (Å²) in [5.41, 5.74) is 0.630. The molecule has 0 aromatic heterocycles. The lowest BCUT2D eigenvalue weighted by Gasteiger charge is -2.34. The Kier molecular flexibility index (Phi) is 4.47. The van der Waals surface area contributed by atoms with Crippen molar-refractivity contribution in [1.82, 2.24) is 4.90 Å². The standard InChI is InChI=1S/C16H18FNO5/c17-12-3-1-2-10-8-13(23-15(10)12)16(21)18(9-14(19)20)11-4-6-22-7-5-11/h1-3,11,13H,4-9H2,(H,19,20). The van der Waals surface area contributed by atoms with Gasteiger partial charge in [-0.2, -0.15) is 0 Å². The molecule has 1 aromatic rings. The van der Waals surface area contributed by atoms with Crippen molar-refractivity contribution < 1.29 is 28.6 Å². The first kappa shape index (κ1) is 15.7. The van der Waals surface area contributed by atoms with Crippen LogP contribution in [0.25, 0.3) is 0 Å². The van der Waals surface area contributed by atoms with Gasteiger partial charge in [0.05, 0.1) is 0 Å². The Morgan fingerprint density at radius 3 is 2.70 bits per heavy atom. The molecule has 124 valence electrons. The summed E-state index contributed by atoms with van der Waals surface area (Å²) in [6, 6.07) is 4.36. The summed E-state index contributed by atoms with van der Waals surface area (Å²) < 4.78 is 24.5. The highest BCUT2D eigenvalue weighted by Crippen LogP contribution is 2.32. The van der Waals surface area contributed by atoms with E-state index in [4.69, 9.17) is 14.6 Å². The molecule has 3 rings (SSSR count). The zero-order chi connectivity index (χ0) is 16.4. The predicted molar refractivity (Wildman–Crippen MR) is 77.7 cm³/mol. The molecular weight excluding hydrogens is 305 g/mol. The first-order valence-corrected chi connectivity index (χ1v) is 7.60. The van der Waals surface area contributed by atoms with E-state index in [1.165, 1.54) is 11.0 Å². The predicted octanol–water partition coefficient (Wildman–Crippen LogP) is 1.22. The molecule has 1 atom stereocenters. The maximum Gasteiger partial charge on any atom is 0.323 e. The minimum absolute atomic E-state index is 0.0908. The van der Waals surface area contributed by atoms with Crippen molar-refractivity contribution in [3.05, 3.63) is 29.6 Å². The van der Waals surface area contributed by atoms with E-state index in [0.29, 0.717) is 31.6 Å². The maximum atomic E-state index is 13.7. The van der Waals surface area contributed by atoms with Crippen LogP contribution in [0.1, 0.15) is 18.4 Å². The Labute approximate surface area is 132 Å². The molecule has 1 amide bonds. The van der Waals surface area contributed by atoms with Crippen LogP contribution >= 0.6 is 0 Å². The number of carbonyl (C=O) groups is 2. The van der Waals surface area contributed by atoms with Crippen LogP contribution in [-0.4, -0.2) is 53.8 Å². The van der Waals surface area contributed by atoms with Crippen LogP contribution in [0, 0.1) is 5.82 Å². The Morgan fingerprint density at radius 1 is 1.30 bits per heavy atom. The van der Waals surface area contributed by atoms with Crippen molar-refractivity contribution in [1.29, 1.82) is 0 Å². The lowest BCUT2D eigenvalue weighted by atomic mass is 10.0. The zero-order valence-electron chi connectivity index (χ0n) is 12.5. The second kappa shape index (κ2) is 6.54. The molecule has 1 N–H and O–H groups in total. The number of aliphatic carboxylic acids is 1. The molecular formula is C16H18FNO5. The van der Waals surface area contributed by atoms with Crippen LogP contribution < -0.4 is 4.74 Å². The van der Waals surface area contributed by atoms with Gasteiger partial charge in [-0.15, -0.1) is 0 Å². The fourth-order valence-corrected chi connectivity index (χ4v) is 3.08. The van der Waals surface area contributed by atoms with Crippen molar-refractivity contribution in [3.63, 3.8) is 0 Å². The Morgan fingerprint density at radius 2 is 2.04 bits per heavy atom. The number of carboxylic acids is 1. The second-order valence-corrected chi connectivity index (χ2v) is 5.74. The summed E-state index contributed by atoms with van der Waals surface area (Å²) in [5.74, 6) is -1.90. The topological polar surface area (TPSA) is 76.1 Å². The van der Waals surface area contributed by atoms with Gasteiger partial charge in [0.2, 0.25) is 0 Å². The third kappa shape index (κ3) is 3.29. The zero-order valence-corrected chi connectivity index (χ0v) is 12.5. The number of halogens is 1. The summed E-state index contributed by atoms with van der Waals surface area (Å²) in [4.78, 5) is 25.2. The summed E-state index contributed by atoms with van der Waals surface area (Å²) in [5, 5.41) is 9.10. The summed E-state index contributed by atoms with van der Waals surface area (Å²) in [6.07, 6.45) is 0.565. The molecule has 0 radical (unpaired) electrons. The highest BCUT2D eigenvalue weighted by atomic mass is 19.1. The van der Waals surface area contributed by atoms with Crippen molar-refractivity contribution >= 4 is 11.9 Å². The SMILES string of the molecule is O=C(O)CN(C(=O)C1Cc2cccc(F)c2O1)C1CCOCC1. The lowest BCUT2D eigenvalue weighted by Crippen LogP contribution is -2.50. The normalized spacial score (nSPS) is 20.7. The molecule has 1 fully saturated rings. The summed E-state index contributed by atoms with van der Waals surface area (Å²) >= 11 is 0. The summed E-state index contributed by atoms with van der Waals surface area (Å²) in [7, 11) is 0. The Hall–Kier alpha value is -2.15. The van der Waals surface area contributed by atoms with Gasteiger partial charge in [-0.1, -0.05) is 12.1 Å². The average molecular weight is 323 g/mol. The van der Waals surface area contributed by atoms with E-state index in [0.717, 1.165) is 0 Å². The number of rotatable bonds is 4. The molecule has 1 unspecified atom stereocenters. The molecule has 0 spiro atoms. The molecule has 23 heavy (non-hydrogen) atoms. The van der Waals surface area contributed by atoms with Gasteiger partial charge in [-0.25, -0.2) is 4.39 Å². The highest BCUT2D eigenvalue weighted by molar-refractivity contribution is 5.86. The Bertz CT molecular complexity index is 614. The van der Waals surface area contributed by atoms with E-state index in [2.05, 4.69) is 0 Å². The van der Waals surface area contributed by atoms with Crippen LogP contribution in [0.2, 0.25) is 0 Å². The Balaban J connectivity index is 1.76. The molecule has 0 aliphatic carbocycles. The quantitative estimate of drug-likeness (QED) is 0.902. The fraction of sp³-hybridized carbons (Fsp3) is 0.500. The second-order valence-electron chi connectivity index (χ2n) is 5.74. The van der Waals surface area contributed by atoms with E-state index in [9.17, 15) is 14.0 Å². The monoisotopic (exact) mass is 323 g/mol. The van der Waals surface area contributed by atoms with E-state index in [1.807, 2.05) is 0 Å². The third-order valence-corrected chi connectivity index (χ3v) is 4.21. The van der Waals surface area contributed by atoms with Gasteiger partial charge in [0, 0.05) is 31.2 Å². The third-order valence-electron chi connectivity index (χ3n) is 4.21. The molecule has 0 bridgehead atoms. The highest BCUT2D eigenvalue weighted by Gasteiger charge is 2.37. The molecule has 0 saturated carbocycles. The number of nitrogens with zero attached hydrogens (tertiary/aromatic N) is 1. The van der Waals surface area contributed by atoms with Crippen LogP contribution in [0.3, 0.4) is 0 Å². The number of hydrogen-bond acceptors (Lipinski definition) is 4. The lowest BCUT2D eigenvalue weighted by molar-refractivity contribution is -0.151. The number of para-hydroxylation sites is 1. The molecule has 2 heterocycles. The molecule has 6 nitrogen and oxygen atoms in total. The number of benzene rings is 1. The van der Waals surface area contributed by atoms with Crippen LogP contribution in [0.5, 0.6) is 5.75 Å². The minimum atomic E-state index is -1.08. The first-order valence-electron chi connectivity index (χ1n) is 7.60. The summed E-state index contributed by atoms with van der Waals surface area (Å²) in [6.45, 7) is 0.602. The van der Waals surface area contributed by atoms with E-state index in [1.54, 1.807) is 12.1 Å². The first-order chi connectivity index (χ1) is 11.1. The van der Waals surface area contributed by atoms with Crippen LogP contribution in [0.4, 0.5) is 4.39 Å². The van der Waals surface area contributed by atoms with Gasteiger partial charge in [-0.05, 0) is 18.9 Å². The van der Waals surface area contributed by atoms with Gasteiger partial charge in [0.25, 0.3) is 5.91 Å². The molecule has 7 heteroatoms. The molecule has 1 aromatic carbocycles. The van der Waals surface area contributed by atoms with Crippen molar-refractivity contribution in [2.75, 3.05) is 19.8 Å². The minimum Gasteiger partial charge on any atom is -0.480 e. The molecule has 1 saturated heterocycles.